The van der Waals surface area contributed by atoms with Gasteiger partial charge in [0.15, 0.2) is 17.5 Å². The van der Waals surface area contributed by atoms with E-state index < -0.39 is 0 Å². The number of rotatable bonds is 4. The summed E-state index contributed by atoms with van der Waals surface area (Å²) in [6, 6.07) is 51.2. The summed E-state index contributed by atoms with van der Waals surface area (Å²) < 4.78 is 4.80. The number of nitrogens with zero attached hydrogens (tertiary/aromatic N) is 5. The zero-order chi connectivity index (χ0) is 35.4. The fourth-order valence-corrected chi connectivity index (χ4v) is 7.81. The maximum atomic E-state index is 5.03. The van der Waals surface area contributed by atoms with E-state index in [1.807, 2.05) is 60.7 Å². The van der Waals surface area contributed by atoms with Gasteiger partial charge in [-0.25, -0.2) is 15.0 Å². The standard InChI is InChI=1S/C44H31N5.C3H8/c1-44(2)35-21-10-12-23-38(35)48-25-24-33-39-34(27-36(44)40(33)48)32-20-9-11-22-37(32)49(39)31-19-13-18-30(26-31)43-46-41(28-14-5-3-6-15-28)45-42(47-43)29-16-7-4-8-17-29;1-3-2/h3-27H,1-2H3;3H2,1-2H3. The van der Waals surface area contributed by atoms with E-state index in [-0.39, 0.29) is 5.41 Å². The molecule has 0 amide bonds. The summed E-state index contributed by atoms with van der Waals surface area (Å²) in [5.74, 6) is 1.95. The Morgan fingerprint density at radius 3 is 1.77 bits per heavy atom. The van der Waals surface area contributed by atoms with Crippen molar-refractivity contribution in [1.82, 2.24) is 24.1 Å². The predicted molar refractivity (Wildman–Crippen MR) is 215 cm³/mol. The van der Waals surface area contributed by atoms with Crippen LogP contribution in [0.25, 0.3) is 78.2 Å². The van der Waals surface area contributed by atoms with E-state index in [2.05, 4.69) is 128 Å². The molecule has 1 aliphatic heterocycles. The van der Waals surface area contributed by atoms with Gasteiger partial charge in [-0.15, -0.1) is 0 Å². The van der Waals surface area contributed by atoms with Gasteiger partial charge >= 0.3 is 0 Å². The number of para-hydroxylation sites is 2. The summed E-state index contributed by atoms with van der Waals surface area (Å²) in [6.07, 6.45) is 3.49. The molecule has 0 aliphatic carbocycles. The van der Waals surface area contributed by atoms with Crippen molar-refractivity contribution in [2.75, 3.05) is 0 Å². The zero-order valence-electron chi connectivity index (χ0n) is 29.9. The van der Waals surface area contributed by atoms with Crippen LogP contribution in [0, 0.1) is 0 Å². The van der Waals surface area contributed by atoms with Crippen LogP contribution in [0.3, 0.4) is 0 Å². The van der Waals surface area contributed by atoms with Gasteiger partial charge in [0.05, 0.1) is 16.6 Å². The van der Waals surface area contributed by atoms with E-state index in [1.165, 1.54) is 55.9 Å². The van der Waals surface area contributed by atoms with E-state index in [0.717, 1.165) is 22.4 Å². The van der Waals surface area contributed by atoms with Crippen LogP contribution >= 0.6 is 0 Å². The number of aromatic nitrogens is 5. The van der Waals surface area contributed by atoms with E-state index >= 15 is 0 Å². The number of hydrogen-bond donors (Lipinski definition) is 0. The molecule has 0 N–H and O–H groups in total. The molecule has 5 heteroatoms. The molecule has 3 aromatic heterocycles. The SMILES string of the molecule is CC1(C)c2ccccc2-n2ccc3c2c1cc1c2ccccc2n(-c2cccc(-c4nc(-c5ccccc5)nc(-c5ccccc5)n4)c2)c13.CCC. The largest absolute Gasteiger partial charge is 0.316 e. The molecule has 0 unspecified atom stereocenters. The van der Waals surface area contributed by atoms with Crippen molar-refractivity contribution < 1.29 is 0 Å². The second kappa shape index (κ2) is 12.5. The molecule has 0 fully saturated rings. The summed E-state index contributed by atoms with van der Waals surface area (Å²) in [5, 5.41) is 3.74. The van der Waals surface area contributed by atoms with Crippen LogP contribution in [0.2, 0.25) is 0 Å². The van der Waals surface area contributed by atoms with Crippen LogP contribution in [0.5, 0.6) is 0 Å². The van der Waals surface area contributed by atoms with Crippen LogP contribution in [0.15, 0.2) is 152 Å². The lowest BCUT2D eigenvalue weighted by molar-refractivity contribution is 0.629. The maximum absolute atomic E-state index is 5.03. The Morgan fingerprint density at radius 1 is 0.500 bits per heavy atom. The van der Waals surface area contributed by atoms with Crippen LogP contribution in [0.1, 0.15) is 45.2 Å². The molecule has 0 spiro atoms. The smallest absolute Gasteiger partial charge is 0.164 e. The van der Waals surface area contributed by atoms with Crippen LogP contribution < -0.4 is 0 Å². The van der Waals surface area contributed by atoms with E-state index in [4.69, 9.17) is 15.0 Å². The Balaban J connectivity index is 0.00000116. The molecule has 1 aliphatic rings. The molecule has 0 atom stereocenters. The third-order valence-electron chi connectivity index (χ3n) is 10.2. The maximum Gasteiger partial charge on any atom is 0.164 e. The minimum Gasteiger partial charge on any atom is -0.316 e. The van der Waals surface area contributed by atoms with Crippen LogP contribution in [-0.4, -0.2) is 24.1 Å². The van der Waals surface area contributed by atoms with Gasteiger partial charge in [-0.1, -0.05) is 143 Å². The second-order valence-electron chi connectivity index (χ2n) is 14.1. The second-order valence-corrected chi connectivity index (χ2v) is 14.1. The third kappa shape index (κ3) is 4.96. The Labute approximate surface area is 303 Å². The first-order valence-corrected chi connectivity index (χ1v) is 18.1. The molecule has 4 heterocycles. The van der Waals surface area contributed by atoms with Gasteiger partial charge in [-0.3, -0.25) is 0 Å². The van der Waals surface area contributed by atoms with Gasteiger partial charge in [-0.2, -0.15) is 0 Å². The quantitative estimate of drug-likeness (QED) is 0.187. The first kappa shape index (κ1) is 31.6. The molecule has 0 saturated carbocycles. The molecular weight excluding hydrogens is 635 g/mol. The Morgan fingerprint density at radius 2 is 1.08 bits per heavy atom. The van der Waals surface area contributed by atoms with E-state index in [1.54, 1.807) is 0 Å². The van der Waals surface area contributed by atoms with E-state index in [9.17, 15) is 0 Å². The molecule has 10 rings (SSSR count). The molecule has 0 saturated heterocycles. The van der Waals surface area contributed by atoms with Crippen LogP contribution in [0.4, 0.5) is 0 Å². The summed E-state index contributed by atoms with van der Waals surface area (Å²) in [5.41, 5.74) is 11.3. The molecule has 5 nitrogen and oxygen atoms in total. The van der Waals surface area contributed by atoms with Gasteiger partial charge in [0.2, 0.25) is 0 Å². The molecule has 9 aromatic rings. The summed E-state index contributed by atoms with van der Waals surface area (Å²) in [7, 11) is 0. The van der Waals surface area contributed by atoms with Gasteiger partial charge < -0.3 is 9.13 Å². The highest BCUT2D eigenvalue weighted by atomic mass is 15.0. The Hall–Kier alpha value is -6.33. The number of hydrogen-bond acceptors (Lipinski definition) is 3. The van der Waals surface area contributed by atoms with Crippen molar-refractivity contribution >= 4 is 32.7 Å². The van der Waals surface area contributed by atoms with Crippen molar-refractivity contribution in [2.24, 2.45) is 0 Å². The number of fused-ring (bicyclic) bond motifs is 6. The highest BCUT2D eigenvalue weighted by Crippen LogP contribution is 2.48. The van der Waals surface area contributed by atoms with Gasteiger partial charge in [0.25, 0.3) is 0 Å². The lowest BCUT2D eigenvalue weighted by Gasteiger charge is -2.34. The first-order chi connectivity index (χ1) is 25.5. The fourth-order valence-electron chi connectivity index (χ4n) is 7.81. The van der Waals surface area contributed by atoms with E-state index in [0.29, 0.717) is 17.5 Å². The average Bonchev–Trinajstić information content (AvgIpc) is 3.78. The highest BCUT2D eigenvalue weighted by Gasteiger charge is 2.35. The zero-order valence-corrected chi connectivity index (χ0v) is 29.9. The third-order valence-corrected chi connectivity index (χ3v) is 10.2. The summed E-state index contributed by atoms with van der Waals surface area (Å²) >= 11 is 0. The molecule has 0 radical (unpaired) electrons. The molecule has 0 bridgehead atoms. The van der Waals surface area contributed by atoms with Crippen molar-refractivity contribution in [3.63, 3.8) is 0 Å². The number of benzene rings is 6. The normalized spacial score (nSPS) is 12.8. The van der Waals surface area contributed by atoms with Crippen molar-refractivity contribution in [3.05, 3.63) is 163 Å². The minimum atomic E-state index is -0.147. The first-order valence-electron chi connectivity index (χ1n) is 18.1. The summed E-state index contributed by atoms with van der Waals surface area (Å²) in [6.45, 7) is 8.96. The highest BCUT2D eigenvalue weighted by molar-refractivity contribution is 6.19. The van der Waals surface area contributed by atoms with Crippen molar-refractivity contribution in [1.29, 1.82) is 0 Å². The minimum absolute atomic E-state index is 0.147. The topological polar surface area (TPSA) is 48.5 Å². The van der Waals surface area contributed by atoms with Crippen molar-refractivity contribution in [3.8, 4) is 45.5 Å². The van der Waals surface area contributed by atoms with Gasteiger partial charge in [0, 0.05) is 55.8 Å². The average molecular weight is 674 g/mol. The predicted octanol–water partition coefficient (Wildman–Crippen LogP) is 12.0. The lowest BCUT2D eigenvalue weighted by atomic mass is 9.74. The fraction of sp³-hybridized carbons (Fsp3) is 0.128. The van der Waals surface area contributed by atoms with Gasteiger partial charge in [-0.05, 0) is 47.5 Å². The van der Waals surface area contributed by atoms with Crippen LogP contribution in [-0.2, 0) is 5.41 Å². The monoisotopic (exact) mass is 673 g/mol. The Kier molecular flexibility index (Phi) is 7.58. The Bertz CT molecular complexity index is 2700. The molecule has 252 valence electrons. The van der Waals surface area contributed by atoms with Crippen molar-refractivity contribution in [2.45, 2.75) is 39.5 Å². The summed E-state index contributed by atoms with van der Waals surface area (Å²) in [4.78, 5) is 15.0. The molecule has 52 heavy (non-hydrogen) atoms. The molecular formula is C47H39N5. The van der Waals surface area contributed by atoms with Gasteiger partial charge in [0.1, 0.15) is 0 Å². The lowest BCUT2D eigenvalue weighted by Crippen LogP contribution is -2.26. The molecule has 6 aromatic carbocycles.